The van der Waals surface area contributed by atoms with Crippen LogP contribution in [0.5, 0.6) is 0 Å². The monoisotopic (exact) mass is 126 g/mol. The van der Waals surface area contributed by atoms with Crippen LogP contribution in [0.2, 0.25) is 0 Å². The van der Waals surface area contributed by atoms with E-state index in [2.05, 4.69) is 6.58 Å². The molecular weight excluding hydrogens is 112 g/mol. The molecule has 0 aromatic heterocycles. The topological polar surface area (TPSA) is 20.2 Å². The SMILES string of the molecule is C=CC=CCCC(C)O. The Bertz CT molecular complexity index is 92.7. The van der Waals surface area contributed by atoms with Crippen molar-refractivity contribution in [2.75, 3.05) is 0 Å². The standard InChI is InChI=1S/C8H14O/c1-3-4-5-6-7-8(2)9/h3-5,8-9H,1,6-7H2,2H3. The molecule has 0 bridgehead atoms. The van der Waals surface area contributed by atoms with Crippen LogP contribution in [0.1, 0.15) is 19.8 Å². The van der Waals surface area contributed by atoms with Crippen LogP contribution in [0.3, 0.4) is 0 Å². The fraction of sp³-hybridized carbons (Fsp3) is 0.500. The van der Waals surface area contributed by atoms with Crippen molar-refractivity contribution in [1.82, 2.24) is 0 Å². The van der Waals surface area contributed by atoms with Crippen molar-refractivity contribution in [2.24, 2.45) is 0 Å². The van der Waals surface area contributed by atoms with Crippen molar-refractivity contribution in [3.8, 4) is 0 Å². The molecule has 1 heteroatoms. The maximum Gasteiger partial charge on any atom is 0.0515 e. The van der Waals surface area contributed by atoms with Crippen LogP contribution in [-0.2, 0) is 0 Å². The Morgan fingerprint density at radius 3 is 2.78 bits per heavy atom. The highest BCUT2D eigenvalue weighted by Crippen LogP contribution is 1.95. The first kappa shape index (κ1) is 8.44. The number of aliphatic hydroxyl groups excluding tert-OH is 1. The zero-order chi connectivity index (χ0) is 7.11. The molecule has 1 unspecified atom stereocenters. The van der Waals surface area contributed by atoms with E-state index in [4.69, 9.17) is 5.11 Å². The van der Waals surface area contributed by atoms with E-state index < -0.39 is 0 Å². The average molecular weight is 126 g/mol. The van der Waals surface area contributed by atoms with Gasteiger partial charge in [-0.1, -0.05) is 24.8 Å². The summed E-state index contributed by atoms with van der Waals surface area (Å²) in [7, 11) is 0. The van der Waals surface area contributed by atoms with Gasteiger partial charge in [0.15, 0.2) is 0 Å². The molecule has 9 heavy (non-hydrogen) atoms. The fourth-order valence-electron chi connectivity index (χ4n) is 0.530. The molecule has 0 amide bonds. The maximum atomic E-state index is 8.79. The summed E-state index contributed by atoms with van der Waals surface area (Å²) in [6, 6.07) is 0. The van der Waals surface area contributed by atoms with Crippen LogP contribution in [0, 0.1) is 0 Å². The van der Waals surface area contributed by atoms with E-state index in [1.807, 2.05) is 12.2 Å². The molecule has 0 spiro atoms. The van der Waals surface area contributed by atoms with Crippen LogP contribution >= 0.6 is 0 Å². The molecule has 0 aliphatic heterocycles. The van der Waals surface area contributed by atoms with Gasteiger partial charge in [-0.05, 0) is 19.8 Å². The van der Waals surface area contributed by atoms with Crippen LogP contribution < -0.4 is 0 Å². The third kappa shape index (κ3) is 7.44. The molecule has 52 valence electrons. The van der Waals surface area contributed by atoms with Gasteiger partial charge in [0.25, 0.3) is 0 Å². The predicted molar refractivity (Wildman–Crippen MR) is 40.3 cm³/mol. The molecule has 0 aromatic carbocycles. The molecule has 1 nitrogen and oxygen atoms in total. The third-order valence-electron chi connectivity index (χ3n) is 1.02. The largest absolute Gasteiger partial charge is 0.393 e. The number of hydrogen-bond donors (Lipinski definition) is 1. The normalized spacial score (nSPS) is 14.0. The quantitative estimate of drug-likeness (QED) is 0.570. The molecule has 0 aromatic rings. The summed E-state index contributed by atoms with van der Waals surface area (Å²) < 4.78 is 0. The van der Waals surface area contributed by atoms with Gasteiger partial charge in [-0.25, -0.2) is 0 Å². The predicted octanol–water partition coefficient (Wildman–Crippen LogP) is 1.89. The summed E-state index contributed by atoms with van der Waals surface area (Å²) in [6.45, 7) is 5.32. The molecule has 0 aliphatic rings. The van der Waals surface area contributed by atoms with Crippen LogP contribution in [-0.4, -0.2) is 11.2 Å². The van der Waals surface area contributed by atoms with Crippen molar-refractivity contribution < 1.29 is 5.11 Å². The maximum absolute atomic E-state index is 8.79. The van der Waals surface area contributed by atoms with Gasteiger partial charge in [-0.3, -0.25) is 0 Å². The van der Waals surface area contributed by atoms with Gasteiger partial charge in [-0.15, -0.1) is 0 Å². The van der Waals surface area contributed by atoms with Crippen molar-refractivity contribution in [3.05, 3.63) is 24.8 Å². The Hall–Kier alpha value is -0.560. The molecule has 0 heterocycles. The Kier molecular flexibility index (Phi) is 5.23. The van der Waals surface area contributed by atoms with Crippen molar-refractivity contribution >= 4 is 0 Å². The molecule has 0 aliphatic carbocycles. The first-order chi connectivity index (χ1) is 4.27. The van der Waals surface area contributed by atoms with Crippen molar-refractivity contribution in [2.45, 2.75) is 25.9 Å². The number of aliphatic hydroxyl groups is 1. The minimum atomic E-state index is -0.181. The lowest BCUT2D eigenvalue weighted by Crippen LogP contribution is -1.96. The minimum Gasteiger partial charge on any atom is -0.393 e. The second kappa shape index (κ2) is 5.57. The molecule has 0 rings (SSSR count). The van der Waals surface area contributed by atoms with E-state index in [1.165, 1.54) is 0 Å². The Balaban J connectivity index is 3.08. The number of allylic oxidation sites excluding steroid dienone is 3. The molecule has 0 saturated carbocycles. The van der Waals surface area contributed by atoms with Gasteiger partial charge in [0.05, 0.1) is 6.10 Å². The first-order valence-electron chi connectivity index (χ1n) is 3.23. The van der Waals surface area contributed by atoms with E-state index >= 15 is 0 Å². The highest BCUT2D eigenvalue weighted by molar-refractivity contribution is 4.96. The summed E-state index contributed by atoms with van der Waals surface area (Å²) in [4.78, 5) is 0. The summed E-state index contributed by atoms with van der Waals surface area (Å²) in [6.07, 6.45) is 7.22. The highest BCUT2D eigenvalue weighted by atomic mass is 16.3. The zero-order valence-electron chi connectivity index (χ0n) is 5.88. The Morgan fingerprint density at radius 1 is 1.67 bits per heavy atom. The molecule has 0 fully saturated rings. The minimum absolute atomic E-state index is 0.181. The van der Waals surface area contributed by atoms with Crippen molar-refractivity contribution in [3.63, 3.8) is 0 Å². The van der Waals surface area contributed by atoms with Gasteiger partial charge in [0.2, 0.25) is 0 Å². The molecular formula is C8H14O. The molecule has 0 saturated heterocycles. The lowest BCUT2D eigenvalue weighted by atomic mass is 10.2. The second-order valence-electron chi connectivity index (χ2n) is 2.09. The van der Waals surface area contributed by atoms with E-state index in [0.717, 1.165) is 12.8 Å². The number of rotatable bonds is 4. The summed E-state index contributed by atoms with van der Waals surface area (Å²) in [5, 5.41) is 8.79. The average Bonchev–Trinajstić information content (AvgIpc) is 1.80. The highest BCUT2D eigenvalue weighted by Gasteiger charge is 1.89. The lowest BCUT2D eigenvalue weighted by Gasteiger charge is -1.97. The van der Waals surface area contributed by atoms with Crippen molar-refractivity contribution in [1.29, 1.82) is 0 Å². The summed E-state index contributed by atoms with van der Waals surface area (Å²) >= 11 is 0. The first-order valence-corrected chi connectivity index (χ1v) is 3.23. The summed E-state index contributed by atoms with van der Waals surface area (Å²) in [5.74, 6) is 0. The second-order valence-corrected chi connectivity index (χ2v) is 2.09. The van der Waals surface area contributed by atoms with E-state index in [9.17, 15) is 0 Å². The smallest absolute Gasteiger partial charge is 0.0515 e. The van der Waals surface area contributed by atoms with Gasteiger partial charge < -0.3 is 5.11 Å². The van der Waals surface area contributed by atoms with Crippen LogP contribution in [0.4, 0.5) is 0 Å². The van der Waals surface area contributed by atoms with E-state index in [1.54, 1.807) is 13.0 Å². The van der Waals surface area contributed by atoms with Gasteiger partial charge in [0.1, 0.15) is 0 Å². The Labute approximate surface area is 56.7 Å². The lowest BCUT2D eigenvalue weighted by molar-refractivity contribution is 0.186. The molecule has 1 N–H and O–H groups in total. The fourth-order valence-corrected chi connectivity index (χ4v) is 0.530. The third-order valence-corrected chi connectivity index (χ3v) is 1.02. The van der Waals surface area contributed by atoms with Gasteiger partial charge in [0, 0.05) is 0 Å². The summed E-state index contributed by atoms with van der Waals surface area (Å²) in [5.41, 5.74) is 0. The van der Waals surface area contributed by atoms with Gasteiger partial charge >= 0.3 is 0 Å². The number of hydrogen-bond acceptors (Lipinski definition) is 1. The van der Waals surface area contributed by atoms with E-state index in [-0.39, 0.29) is 6.10 Å². The Morgan fingerprint density at radius 2 is 2.33 bits per heavy atom. The molecule has 0 radical (unpaired) electrons. The molecule has 1 atom stereocenters. The van der Waals surface area contributed by atoms with Crippen LogP contribution in [0.25, 0.3) is 0 Å². The van der Waals surface area contributed by atoms with Crippen LogP contribution in [0.15, 0.2) is 24.8 Å². The van der Waals surface area contributed by atoms with E-state index in [0.29, 0.717) is 0 Å². The van der Waals surface area contributed by atoms with Gasteiger partial charge in [-0.2, -0.15) is 0 Å². The zero-order valence-corrected chi connectivity index (χ0v) is 5.88.